The zero-order chi connectivity index (χ0) is 16.5. The number of anilines is 1. The van der Waals surface area contributed by atoms with Crippen LogP contribution in [-0.4, -0.2) is 16.1 Å². The molecule has 0 aliphatic carbocycles. The van der Waals surface area contributed by atoms with Crippen LogP contribution < -0.4 is 5.32 Å². The molecule has 2 aromatic rings. The first-order valence-electron chi connectivity index (χ1n) is 8.40. The highest BCUT2D eigenvalue weighted by molar-refractivity contribution is 7.15. The summed E-state index contributed by atoms with van der Waals surface area (Å²) >= 11 is 1.48. The zero-order valence-corrected chi connectivity index (χ0v) is 14.7. The molecule has 1 atom stereocenters. The highest BCUT2D eigenvalue weighted by atomic mass is 32.1. The molecule has 0 saturated heterocycles. The summed E-state index contributed by atoms with van der Waals surface area (Å²) in [6.07, 6.45) is 5.81. The number of aryl methyl sites for hydroxylation is 2. The molecule has 1 aromatic heterocycles. The van der Waals surface area contributed by atoms with Gasteiger partial charge in [0.2, 0.25) is 11.0 Å². The van der Waals surface area contributed by atoms with Crippen molar-refractivity contribution in [2.24, 2.45) is 5.92 Å². The van der Waals surface area contributed by atoms with Gasteiger partial charge in [0.15, 0.2) is 0 Å². The molecule has 1 unspecified atom stereocenters. The number of rotatable bonds is 9. The molecule has 1 N–H and O–H groups in total. The van der Waals surface area contributed by atoms with E-state index in [1.165, 1.54) is 16.9 Å². The SMILES string of the molecule is CCCCC(CC)C(=O)Nc1nnc(CCc2ccccc2)s1. The van der Waals surface area contributed by atoms with Gasteiger partial charge in [-0.1, -0.05) is 68.4 Å². The second-order valence-electron chi connectivity index (χ2n) is 5.72. The van der Waals surface area contributed by atoms with Gasteiger partial charge in [-0.15, -0.1) is 10.2 Å². The van der Waals surface area contributed by atoms with Crippen LogP contribution in [0.5, 0.6) is 0 Å². The van der Waals surface area contributed by atoms with E-state index >= 15 is 0 Å². The maximum Gasteiger partial charge on any atom is 0.229 e. The largest absolute Gasteiger partial charge is 0.300 e. The molecule has 4 nitrogen and oxygen atoms in total. The van der Waals surface area contributed by atoms with Gasteiger partial charge in [0.05, 0.1) is 0 Å². The van der Waals surface area contributed by atoms with Crippen molar-refractivity contribution < 1.29 is 4.79 Å². The maximum atomic E-state index is 12.3. The van der Waals surface area contributed by atoms with E-state index in [9.17, 15) is 4.79 Å². The van der Waals surface area contributed by atoms with Crippen molar-refractivity contribution >= 4 is 22.4 Å². The fourth-order valence-electron chi connectivity index (χ4n) is 2.48. The number of amides is 1. The van der Waals surface area contributed by atoms with Crippen LogP contribution in [0.2, 0.25) is 0 Å². The Morgan fingerprint density at radius 1 is 1.17 bits per heavy atom. The summed E-state index contributed by atoms with van der Waals surface area (Å²) in [6, 6.07) is 10.3. The molecule has 0 saturated carbocycles. The Kier molecular flexibility index (Phi) is 7.20. The van der Waals surface area contributed by atoms with E-state index in [1.807, 2.05) is 18.2 Å². The topological polar surface area (TPSA) is 54.9 Å². The molecular formula is C18H25N3OS. The molecule has 5 heteroatoms. The molecule has 1 amide bonds. The molecule has 0 spiro atoms. The van der Waals surface area contributed by atoms with Crippen molar-refractivity contribution in [3.05, 3.63) is 40.9 Å². The molecule has 0 bridgehead atoms. The van der Waals surface area contributed by atoms with Gasteiger partial charge in [-0.2, -0.15) is 0 Å². The smallest absolute Gasteiger partial charge is 0.229 e. The third kappa shape index (κ3) is 5.75. The van der Waals surface area contributed by atoms with Crippen molar-refractivity contribution in [2.45, 2.75) is 52.4 Å². The zero-order valence-electron chi connectivity index (χ0n) is 13.9. The molecule has 124 valence electrons. The number of hydrogen-bond acceptors (Lipinski definition) is 4. The summed E-state index contributed by atoms with van der Waals surface area (Å²) in [5, 5.41) is 12.8. The number of aromatic nitrogens is 2. The normalized spacial score (nSPS) is 12.1. The van der Waals surface area contributed by atoms with Crippen molar-refractivity contribution in [3.63, 3.8) is 0 Å². The number of nitrogens with one attached hydrogen (secondary N) is 1. The Morgan fingerprint density at radius 3 is 2.65 bits per heavy atom. The Morgan fingerprint density at radius 2 is 1.96 bits per heavy atom. The first kappa shape index (κ1) is 17.6. The maximum absolute atomic E-state index is 12.3. The van der Waals surface area contributed by atoms with Crippen LogP contribution in [-0.2, 0) is 17.6 Å². The minimum atomic E-state index is 0.0756. The predicted molar refractivity (Wildman–Crippen MR) is 95.7 cm³/mol. The second-order valence-corrected chi connectivity index (χ2v) is 6.79. The first-order chi connectivity index (χ1) is 11.2. The number of carbonyl (C=O) groups is 1. The van der Waals surface area contributed by atoms with E-state index < -0.39 is 0 Å². The Bertz CT molecular complexity index is 597. The van der Waals surface area contributed by atoms with Crippen LogP contribution in [0, 0.1) is 5.92 Å². The molecule has 0 radical (unpaired) electrons. The number of benzene rings is 1. The van der Waals surface area contributed by atoms with E-state index in [1.54, 1.807) is 0 Å². The summed E-state index contributed by atoms with van der Waals surface area (Å²) in [7, 11) is 0. The molecule has 1 aromatic carbocycles. The van der Waals surface area contributed by atoms with E-state index in [2.05, 4.69) is 41.5 Å². The Balaban J connectivity index is 1.85. The van der Waals surface area contributed by atoms with Gasteiger partial charge in [-0.3, -0.25) is 4.79 Å². The van der Waals surface area contributed by atoms with Gasteiger partial charge in [0.1, 0.15) is 5.01 Å². The number of hydrogen-bond donors (Lipinski definition) is 1. The van der Waals surface area contributed by atoms with Crippen molar-refractivity contribution in [1.82, 2.24) is 10.2 Å². The quantitative estimate of drug-likeness (QED) is 0.737. The molecule has 23 heavy (non-hydrogen) atoms. The average molecular weight is 331 g/mol. The van der Waals surface area contributed by atoms with Crippen molar-refractivity contribution in [2.75, 3.05) is 5.32 Å². The van der Waals surface area contributed by atoms with Gasteiger partial charge in [0.25, 0.3) is 0 Å². The van der Waals surface area contributed by atoms with Gasteiger partial charge in [-0.05, 0) is 24.8 Å². The monoisotopic (exact) mass is 331 g/mol. The molecule has 0 aliphatic rings. The summed E-state index contributed by atoms with van der Waals surface area (Å²) in [4.78, 5) is 12.3. The highest BCUT2D eigenvalue weighted by Gasteiger charge is 2.17. The van der Waals surface area contributed by atoms with Crippen LogP contribution in [0.15, 0.2) is 30.3 Å². The first-order valence-corrected chi connectivity index (χ1v) is 9.21. The van der Waals surface area contributed by atoms with E-state index in [4.69, 9.17) is 0 Å². The lowest BCUT2D eigenvalue weighted by Crippen LogP contribution is -2.22. The molecule has 0 fully saturated rings. The molecule has 0 aliphatic heterocycles. The summed E-state index contributed by atoms with van der Waals surface area (Å²) < 4.78 is 0. The lowest BCUT2D eigenvalue weighted by Gasteiger charge is -2.12. The third-order valence-electron chi connectivity index (χ3n) is 3.94. The van der Waals surface area contributed by atoms with E-state index in [-0.39, 0.29) is 11.8 Å². The molecule has 1 heterocycles. The van der Waals surface area contributed by atoms with Crippen LogP contribution >= 0.6 is 11.3 Å². The van der Waals surface area contributed by atoms with Crippen LogP contribution in [0.25, 0.3) is 0 Å². The van der Waals surface area contributed by atoms with Crippen LogP contribution in [0.3, 0.4) is 0 Å². The number of carbonyl (C=O) groups excluding carboxylic acids is 1. The second kappa shape index (κ2) is 9.40. The summed E-state index contributed by atoms with van der Waals surface area (Å²) in [5.74, 6) is 0.151. The predicted octanol–water partition coefficient (Wildman–Crippen LogP) is 4.48. The van der Waals surface area contributed by atoms with Gasteiger partial charge in [-0.25, -0.2) is 0 Å². The number of nitrogens with zero attached hydrogens (tertiary/aromatic N) is 2. The fraction of sp³-hybridized carbons (Fsp3) is 0.500. The lowest BCUT2D eigenvalue weighted by atomic mass is 9.99. The Labute approximate surface area is 142 Å². The van der Waals surface area contributed by atoms with Gasteiger partial charge >= 0.3 is 0 Å². The van der Waals surface area contributed by atoms with Crippen LogP contribution in [0.4, 0.5) is 5.13 Å². The van der Waals surface area contributed by atoms with Crippen molar-refractivity contribution in [1.29, 1.82) is 0 Å². The minimum Gasteiger partial charge on any atom is -0.300 e. The average Bonchev–Trinajstić information content (AvgIpc) is 3.02. The van der Waals surface area contributed by atoms with Gasteiger partial charge in [0, 0.05) is 12.3 Å². The number of unbranched alkanes of at least 4 members (excludes halogenated alkanes) is 1. The molecule has 2 rings (SSSR count). The molecular weight excluding hydrogens is 306 g/mol. The minimum absolute atomic E-state index is 0.0756. The fourth-order valence-corrected chi connectivity index (χ4v) is 3.22. The highest BCUT2D eigenvalue weighted by Crippen LogP contribution is 2.20. The van der Waals surface area contributed by atoms with E-state index in [0.717, 1.165) is 43.5 Å². The lowest BCUT2D eigenvalue weighted by molar-refractivity contribution is -0.120. The Hall–Kier alpha value is -1.75. The van der Waals surface area contributed by atoms with Gasteiger partial charge < -0.3 is 5.32 Å². The summed E-state index contributed by atoms with van der Waals surface area (Å²) in [5.41, 5.74) is 1.29. The standard InChI is InChI=1S/C18H25N3OS/c1-3-5-11-15(4-2)17(22)19-18-21-20-16(23-18)13-12-14-9-7-6-8-10-14/h6-10,15H,3-5,11-13H2,1-2H3,(H,19,21,22). The van der Waals surface area contributed by atoms with E-state index in [0.29, 0.717) is 5.13 Å². The van der Waals surface area contributed by atoms with Crippen LogP contribution in [0.1, 0.15) is 50.1 Å². The van der Waals surface area contributed by atoms with Crippen molar-refractivity contribution in [3.8, 4) is 0 Å². The summed E-state index contributed by atoms with van der Waals surface area (Å²) in [6.45, 7) is 4.21. The third-order valence-corrected chi connectivity index (χ3v) is 4.84.